The van der Waals surface area contributed by atoms with Crippen LogP contribution in [0, 0.1) is 0 Å². The highest BCUT2D eigenvalue weighted by molar-refractivity contribution is 6.08. The average Bonchev–Trinajstić information content (AvgIpc) is 3.85. The van der Waals surface area contributed by atoms with Gasteiger partial charge in [0.15, 0.2) is 5.82 Å². The maximum atomic E-state index is 6.99. The first-order chi connectivity index (χ1) is 25.8. The number of furan rings is 1. The molecule has 0 unspecified atom stereocenters. The van der Waals surface area contributed by atoms with Crippen LogP contribution in [0.4, 0.5) is 0 Å². The van der Waals surface area contributed by atoms with E-state index >= 15 is 0 Å². The molecule has 3 nitrogen and oxygen atoms in total. The SMILES string of the molecule is c1ccc(-c2cc(-c3ccc(-c4cccc5c4-c4c(oc6ccccc46)C54c5ccccc5-c5ccccc54)cc3)nc(-c3ccccc3)n2)cc1. The first-order valence-corrected chi connectivity index (χ1v) is 17.7. The molecule has 0 aliphatic heterocycles. The predicted molar refractivity (Wildman–Crippen MR) is 210 cm³/mol. The van der Waals surface area contributed by atoms with Crippen molar-refractivity contribution in [3.63, 3.8) is 0 Å². The highest BCUT2D eigenvalue weighted by Gasteiger charge is 2.55. The van der Waals surface area contributed by atoms with Gasteiger partial charge in [-0.25, -0.2) is 9.97 Å². The van der Waals surface area contributed by atoms with Crippen molar-refractivity contribution in [2.45, 2.75) is 5.41 Å². The van der Waals surface area contributed by atoms with Gasteiger partial charge in [-0.1, -0.05) is 170 Å². The first-order valence-electron chi connectivity index (χ1n) is 17.7. The molecule has 3 heteroatoms. The zero-order valence-corrected chi connectivity index (χ0v) is 28.1. The maximum absolute atomic E-state index is 6.99. The lowest BCUT2D eigenvalue weighted by Crippen LogP contribution is -2.25. The van der Waals surface area contributed by atoms with Crippen molar-refractivity contribution in [1.29, 1.82) is 0 Å². The molecule has 52 heavy (non-hydrogen) atoms. The molecule has 1 spiro atoms. The second-order valence-corrected chi connectivity index (χ2v) is 13.6. The highest BCUT2D eigenvalue weighted by atomic mass is 16.3. The molecule has 2 heterocycles. The van der Waals surface area contributed by atoms with E-state index < -0.39 is 5.41 Å². The van der Waals surface area contributed by atoms with E-state index in [-0.39, 0.29) is 0 Å². The molecule has 7 aromatic carbocycles. The van der Waals surface area contributed by atoms with Crippen molar-refractivity contribution in [1.82, 2.24) is 9.97 Å². The number of hydrogen-bond acceptors (Lipinski definition) is 3. The third-order valence-corrected chi connectivity index (χ3v) is 10.9. The van der Waals surface area contributed by atoms with Gasteiger partial charge in [-0.2, -0.15) is 0 Å². The first kappa shape index (κ1) is 28.9. The van der Waals surface area contributed by atoms with Crippen LogP contribution >= 0.6 is 0 Å². The normalized spacial score (nSPS) is 13.2. The van der Waals surface area contributed by atoms with Gasteiger partial charge in [-0.05, 0) is 56.6 Å². The van der Waals surface area contributed by atoms with Crippen molar-refractivity contribution in [3.8, 4) is 67.3 Å². The molecule has 2 aliphatic rings. The van der Waals surface area contributed by atoms with Crippen LogP contribution in [-0.4, -0.2) is 9.97 Å². The summed E-state index contributed by atoms with van der Waals surface area (Å²) in [5, 5.41) is 1.14. The lowest BCUT2D eigenvalue weighted by molar-refractivity contribution is 0.507. The van der Waals surface area contributed by atoms with E-state index in [1.165, 1.54) is 44.5 Å². The van der Waals surface area contributed by atoms with E-state index in [0.29, 0.717) is 5.82 Å². The van der Waals surface area contributed by atoms with Crippen LogP contribution in [0.1, 0.15) is 22.5 Å². The van der Waals surface area contributed by atoms with Gasteiger partial charge >= 0.3 is 0 Å². The van der Waals surface area contributed by atoms with E-state index in [1.807, 2.05) is 36.4 Å². The number of rotatable bonds is 4. The third kappa shape index (κ3) is 4.02. The smallest absolute Gasteiger partial charge is 0.160 e. The van der Waals surface area contributed by atoms with Crippen LogP contribution in [0.2, 0.25) is 0 Å². The molecule has 2 aliphatic carbocycles. The maximum Gasteiger partial charge on any atom is 0.160 e. The topological polar surface area (TPSA) is 38.9 Å². The van der Waals surface area contributed by atoms with Gasteiger partial charge in [0, 0.05) is 27.6 Å². The van der Waals surface area contributed by atoms with Crippen LogP contribution < -0.4 is 0 Å². The molecule has 11 rings (SSSR count). The van der Waals surface area contributed by atoms with Gasteiger partial charge in [0.05, 0.1) is 11.4 Å². The Morgan fingerprint density at radius 1 is 0.385 bits per heavy atom. The molecular weight excluding hydrogens is 633 g/mol. The van der Waals surface area contributed by atoms with Crippen LogP contribution in [0.15, 0.2) is 186 Å². The van der Waals surface area contributed by atoms with Crippen molar-refractivity contribution >= 4 is 11.0 Å². The Bertz CT molecular complexity index is 2730. The van der Waals surface area contributed by atoms with Gasteiger partial charge in [0.2, 0.25) is 0 Å². The molecule has 0 amide bonds. The molecule has 242 valence electrons. The summed E-state index contributed by atoms with van der Waals surface area (Å²) in [5.74, 6) is 1.72. The van der Waals surface area contributed by atoms with Gasteiger partial charge < -0.3 is 4.42 Å². The summed E-state index contributed by atoms with van der Waals surface area (Å²) in [6.07, 6.45) is 0. The van der Waals surface area contributed by atoms with E-state index in [1.54, 1.807) is 0 Å². The summed E-state index contributed by atoms with van der Waals surface area (Å²) in [6.45, 7) is 0. The third-order valence-electron chi connectivity index (χ3n) is 10.9. The zero-order chi connectivity index (χ0) is 34.2. The second-order valence-electron chi connectivity index (χ2n) is 13.6. The summed E-state index contributed by atoms with van der Waals surface area (Å²) >= 11 is 0. The van der Waals surface area contributed by atoms with Crippen molar-refractivity contribution < 1.29 is 4.42 Å². The van der Waals surface area contributed by atoms with E-state index in [2.05, 4.69) is 146 Å². The minimum absolute atomic E-state index is 0.546. The van der Waals surface area contributed by atoms with Gasteiger partial charge in [0.25, 0.3) is 0 Å². The Kier molecular flexibility index (Phi) is 6.17. The fourth-order valence-electron chi connectivity index (χ4n) is 8.71. The zero-order valence-electron chi connectivity index (χ0n) is 28.1. The summed E-state index contributed by atoms with van der Waals surface area (Å²) in [5.41, 5.74) is 16.4. The molecule has 0 N–H and O–H groups in total. The fourth-order valence-corrected chi connectivity index (χ4v) is 8.71. The Labute approximate surface area is 301 Å². The number of hydrogen-bond donors (Lipinski definition) is 0. The molecular formula is C49H30N2O. The fraction of sp³-hybridized carbons (Fsp3) is 0.0204. The summed E-state index contributed by atoms with van der Waals surface area (Å²) in [4.78, 5) is 10.1. The summed E-state index contributed by atoms with van der Waals surface area (Å²) < 4.78 is 6.99. The molecule has 0 saturated carbocycles. The van der Waals surface area contributed by atoms with Crippen molar-refractivity contribution in [2.24, 2.45) is 0 Å². The lowest BCUT2D eigenvalue weighted by Gasteiger charge is -2.28. The monoisotopic (exact) mass is 662 g/mol. The predicted octanol–water partition coefficient (Wildman–Crippen LogP) is 12.2. The average molecular weight is 663 g/mol. The second kappa shape index (κ2) is 11.1. The highest BCUT2D eigenvalue weighted by Crippen LogP contribution is 2.65. The standard InChI is InChI=1S/C49H30N2O/c1-3-14-32(15-4-1)42-30-43(51-48(50-42)34-16-5-2-6-17-34)33-28-26-31(27-29-33)35-21-13-24-41-45(35)46-38-20-9-12-25-44(38)52-47(46)49(41)39-22-10-7-18-36(39)37-19-8-11-23-40(37)49/h1-30H. The van der Waals surface area contributed by atoms with Crippen LogP contribution in [0.5, 0.6) is 0 Å². The summed E-state index contributed by atoms with van der Waals surface area (Å²) in [7, 11) is 0. The minimum Gasteiger partial charge on any atom is -0.459 e. The van der Waals surface area contributed by atoms with E-state index in [0.717, 1.165) is 50.4 Å². The molecule has 0 radical (unpaired) electrons. The quantitative estimate of drug-likeness (QED) is 0.188. The number of fused-ring (bicyclic) bond motifs is 12. The molecule has 0 bridgehead atoms. The minimum atomic E-state index is -0.546. The largest absolute Gasteiger partial charge is 0.459 e. The summed E-state index contributed by atoms with van der Waals surface area (Å²) in [6, 6.07) is 64.5. The Morgan fingerprint density at radius 3 is 1.60 bits per heavy atom. The van der Waals surface area contributed by atoms with Gasteiger partial charge in [0.1, 0.15) is 16.8 Å². The van der Waals surface area contributed by atoms with E-state index in [9.17, 15) is 0 Å². The van der Waals surface area contributed by atoms with E-state index in [4.69, 9.17) is 14.4 Å². The van der Waals surface area contributed by atoms with Crippen LogP contribution in [0.25, 0.3) is 78.3 Å². The van der Waals surface area contributed by atoms with Crippen LogP contribution in [0.3, 0.4) is 0 Å². The molecule has 9 aromatic rings. The Balaban J connectivity index is 1.11. The molecule has 2 aromatic heterocycles. The molecule has 0 fully saturated rings. The lowest BCUT2D eigenvalue weighted by atomic mass is 9.73. The number of para-hydroxylation sites is 1. The van der Waals surface area contributed by atoms with Crippen molar-refractivity contribution in [3.05, 3.63) is 204 Å². The number of aromatic nitrogens is 2. The number of benzene rings is 7. The Hall–Kier alpha value is -6.84. The van der Waals surface area contributed by atoms with Gasteiger partial charge in [-0.15, -0.1) is 0 Å². The number of nitrogens with zero attached hydrogens (tertiary/aromatic N) is 2. The molecule has 0 saturated heterocycles. The van der Waals surface area contributed by atoms with Gasteiger partial charge in [-0.3, -0.25) is 0 Å². The Morgan fingerprint density at radius 2 is 0.904 bits per heavy atom. The van der Waals surface area contributed by atoms with Crippen LogP contribution in [-0.2, 0) is 5.41 Å². The molecule has 0 atom stereocenters. The van der Waals surface area contributed by atoms with Crippen molar-refractivity contribution in [2.75, 3.05) is 0 Å².